The quantitative estimate of drug-likeness (QED) is 0.303. The Bertz CT molecular complexity index is 1990. The molecule has 0 spiro atoms. The number of H-pyrrole nitrogens is 1. The lowest BCUT2D eigenvalue weighted by Crippen LogP contribution is -2.35. The highest BCUT2D eigenvalue weighted by Gasteiger charge is 2.42. The maximum absolute atomic E-state index is 15.6. The van der Waals surface area contributed by atoms with Gasteiger partial charge in [-0.1, -0.05) is 0 Å². The predicted octanol–water partition coefficient (Wildman–Crippen LogP) is 3.93. The number of rotatable bonds is 4. The number of aromatic nitrogens is 4. The van der Waals surface area contributed by atoms with Crippen molar-refractivity contribution in [3.8, 4) is 11.1 Å². The van der Waals surface area contributed by atoms with Gasteiger partial charge in [-0.05, 0) is 26.0 Å². The van der Waals surface area contributed by atoms with Crippen molar-refractivity contribution in [2.45, 2.75) is 24.9 Å². The molecule has 0 unspecified atom stereocenters. The first kappa shape index (κ1) is 25.4. The Kier molecular flexibility index (Phi) is 5.55. The summed E-state index contributed by atoms with van der Waals surface area (Å²) in [4.78, 5) is 41.8. The molecule has 4 aromatic heterocycles. The molecule has 0 radical (unpaired) electrons. The molecule has 2 fully saturated rings. The molecule has 0 bridgehead atoms. The topological polar surface area (TPSA) is 119 Å². The van der Waals surface area contributed by atoms with Crippen LogP contribution in [0.15, 0.2) is 35.5 Å². The number of likely N-dealkylation sites (tertiary alicyclic amines) is 1. The second-order valence-electron chi connectivity index (χ2n) is 10.9. The number of nitrogens with zero attached hydrogens (tertiary/aromatic N) is 5. The van der Waals surface area contributed by atoms with Crippen LogP contribution in [0.3, 0.4) is 0 Å². The van der Waals surface area contributed by atoms with Crippen molar-refractivity contribution >= 4 is 50.3 Å². The summed E-state index contributed by atoms with van der Waals surface area (Å²) in [5.41, 5.74) is 2.35. The number of nitrogens with one attached hydrogen (secondary N) is 2. The number of fused-ring (bicyclic) bond motifs is 5. The normalized spacial score (nSPS) is 19.1. The Labute approximate surface area is 232 Å². The summed E-state index contributed by atoms with van der Waals surface area (Å²) in [5, 5.41) is 13.2. The van der Waals surface area contributed by atoms with E-state index in [0.717, 1.165) is 25.5 Å². The zero-order valence-corrected chi connectivity index (χ0v) is 22.6. The van der Waals surface area contributed by atoms with E-state index < -0.39 is 23.0 Å². The fraction of sp³-hybridized carbons (Fsp3) is 0.310. The van der Waals surface area contributed by atoms with E-state index in [1.165, 1.54) is 10.8 Å². The molecule has 10 nitrogen and oxygen atoms in total. The van der Waals surface area contributed by atoms with Gasteiger partial charge in [-0.15, -0.1) is 0 Å². The lowest BCUT2D eigenvalue weighted by molar-refractivity contribution is 0.0695. The van der Waals surface area contributed by atoms with Gasteiger partial charge in [0.1, 0.15) is 16.9 Å². The highest BCUT2D eigenvalue weighted by atomic mass is 19.2. The zero-order valence-electron chi connectivity index (χ0n) is 22.6. The van der Waals surface area contributed by atoms with Crippen LogP contribution in [0.4, 0.5) is 20.2 Å². The highest BCUT2D eigenvalue weighted by Crippen LogP contribution is 2.46. The Morgan fingerprint density at radius 1 is 1.10 bits per heavy atom. The Morgan fingerprint density at radius 3 is 2.63 bits per heavy atom. The van der Waals surface area contributed by atoms with E-state index in [2.05, 4.69) is 37.1 Å². The Balaban J connectivity index is 1.57. The average Bonchev–Trinajstić information content (AvgIpc) is 3.66. The van der Waals surface area contributed by atoms with E-state index in [-0.39, 0.29) is 22.4 Å². The summed E-state index contributed by atoms with van der Waals surface area (Å²) >= 11 is 0. The fourth-order valence-electron chi connectivity index (χ4n) is 6.79. The number of likely N-dealkylation sites (N-methyl/N-ethyl adjacent to an activating group) is 1. The molecule has 2 saturated heterocycles. The number of anilines is 2. The van der Waals surface area contributed by atoms with Crippen molar-refractivity contribution in [2.75, 3.05) is 37.4 Å². The van der Waals surface area contributed by atoms with Crippen LogP contribution in [-0.4, -0.2) is 74.8 Å². The van der Waals surface area contributed by atoms with Crippen molar-refractivity contribution < 1.29 is 18.7 Å². The van der Waals surface area contributed by atoms with Gasteiger partial charge >= 0.3 is 5.97 Å². The van der Waals surface area contributed by atoms with Gasteiger partial charge in [0.15, 0.2) is 11.6 Å². The standard InChI is InChI=1S/C29H27F2N7O3/c1-32-18-9-17(30)23(31)21-22-25(38-7-5-19-20(38)4-6-36(19)2)15(11-33-27(22)35-24(18)21)13-8-14-26(39)16(29(40)41)12-37(3)28(14)34-10-13/h8-12,19-20,32H,4-7H2,1-3H3,(H,33,35)(H,40,41)/t19-,20-/m1/s1. The third-order valence-electron chi connectivity index (χ3n) is 8.73. The van der Waals surface area contributed by atoms with Crippen LogP contribution in [0.25, 0.3) is 44.1 Å². The van der Waals surface area contributed by atoms with Gasteiger partial charge in [-0.2, -0.15) is 0 Å². The molecule has 2 aliphatic heterocycles. The monoisotopic (exact) mass is 559 g/mol. The predicted molar refractivity (Wildman–Crippen MR) is 153 cm³/mol. The number of hydrogen-bond donors (Lipinski definition) is 3. The highest BCUT2D eigenvalue weighted by molar-refractivity contribution is 6.18. The smallest absolute Gasteiger partial charge is 0.341 e. The first-order chi connectivity index (χ1) is 19.7. The summed E-state index contributed by atoms with van der Waals surface area (Å²) in [7, 11) is 5.37. The minimum Gasteiger partial charge on any atom is -0.477 e. The molecule has 1 aromatic carbocycles. The number of carbonyl (C=O) groups is 1. The number of carboxylic acid groups (broad SMARTS) is 1. The minimum atomic E-state index is -1.33. The molecule has 41 heavy (non-hydrogen) atoms. The molecular weight excluding hydrogens is 532 g/mol. The van der Waals surface area contributed by atoms with Crippen LogP contribution in [0.5, 0.6) is 0 Å². The minimum absolute atomic E-state index is 0.0985. The van der Waals surface area contributed by atoms with Gasteiger partial charge in [0.25, 0.3) is 0 Å². The van der Waals surface area contributed by atoms with E-state index >= 15 is 4.39 Å². The molecular formula is C29H27F2N7O3. The maximum atomic E-state index is 15.6. The number of hydrogen-bond acceptors (Lipinski definition) is 7. The van der Waals surface area contributed by atoms with Crippen molar-refractivity contribution in [3.63, 3.8) is 0 Å². The number of carboxylic acids is 1. The zero-order chi connectivity index (χ0) is 28.7. The van der Waals surface area contributed by atoms with Gasteiger partial charge < -0.3 is 29.8 Å². The molecule has 2 atom stereocenters. The van der Waals surface area contributed by atoms with E-state index in [1.807, 2.05) is 0 Å². The summed E-state index contributed by atoms with van der Waals surface area (Å²) in [5.74, 6) is -3.27. The Hall–Kier alpha value is -4.58. The lowest BCUT2D eigenvalue weighted by atomic mass is 10.00. The summed E-state index contributed by atoms with van der Waals surface area (Å²) in [6.45, 7) is 1.61. The van der Waals surface area contributed by atoms with Crippen LogP contribution in [0.1, 0.15) is 23.2 Å². The van der Waals surface area contributed by atoms with Crippen LogP contribution in [0.2, 0.25) is 0 Å². The van der Waals surface area contributed by atoms with Crippen LogP contribution < -0.4 is 15.6 Å². The molecule has 0 saturated carbocycles. The number of aromatic amines is 1. The van der Waals surface area contributed by atoms with Crippen molar-refractivity contribution in [2.24, 2.45) is 7.05 Å². The second-order valence-corrected chi connectivity index (χ2v) is 10.9. The number of pyridine rings is 3. The third-order valence-corrected chi connectivity index (χ3v) is 8.73. The molecule has 0 amide bonds. The van der Waals surface area contributed by atoms with Crippen molar-refractivity contribution in [3.05, 3.63) is 58.1 Å². The summed E-state index contributed by atoms with van der Waals surface area (Å²) in [6.07, 6.45) is 6.32. The lowest BCUT2D eigenvalue weighted by Gasteiger charge is -2.29. The number of halogens is 2. The van der Waals surface area contributed by atoms with Crippen molar-refractivity contribution in [1.29, 1.82) is 0 Å². The SMILES string of the molecule is CNc1cc(F)c(F)c2c1[nH]c1ncc(-c3cnc4c(c3)c(=O)c(C(=O)O)cn4C)c(N3CC[C@@H]4[C@H]3CCN4C)c12. The number of aryl methyl sites for hydroxylation is 1. The molecule has 12 heteroatoms. The molecule has 3 N–H and O–H groups in total. The average molecular weight is 560 g/mol. The van der Waals surface area contributed by atoms with E-state index in [4.69, 9.17) is 0 Å². The number of aromatic carboxylic acids is 1. The van der Waals surface area contributed by atoms with E-state index in [0.29, 0.717) is 57.3 Å². The second kappa shape index (κ2) is 8.96. The maximum Gasteiger partial charge on any atom is 0.341 e. The van der Waals surface area contributed by atoms with Gasteiger partial charge in [0.2, 0.25) is 5.43 Å². The number of benzene rings is 1. The first-order valence-corrected chi connectivity index (χ1v) is 13.4. The third kappa shape index (κ3) is 3.56. The van der Waals surface area contributed by atoms with Crippen molar-refractivity contribution in [1.82, 2.24) is 24.4 Å². The fourth-order valence-corrected chi connectivity index (χ4v) is 6.79. The molecule has 5 aromatic rings. The summed E-state index contributed by atoms with van der Waals surface area (Å²) < 4.78 is 32.0. The van der Waals surface area contributed by atoms with Crippen LogP contribution >= 0.6 is 0 Å². The largest absolute Gasteiger partial charge is 0.477 e. The molecule has 2 aliphatic rings. The first-order valence-electron chi connectivity index (χ1n) is 13.4. The molecule has 210 valence electrons. The van der Waals surface area contributed by atoms with Crippen LogP contribution in [-0.2, 0) is 7.05 Å². The molecule has 6 heterocycles. The van der Waals surface area contributed by atoms with Gasteiger partial charge in [0.05, 0.1) is 33.1 Å². The van der Waals surface area contributed by atoms with Crippen LogP contribution in [0, 0.1) is 11.6 Å². The molecule has 0 aliphatic carbocycles. The summed E-state index contributed by atoms with van der Waals surface area (Å²) in [6, 6.07) is 3.19. The van der Waals surface area contributed by atoms with E-state index in [9.17, 15) is 19.1 Å². The van der Waals surface area contributed by atoms with Gasteiger partial charge in [0, 0.05) is 75.1 Å². The Morgan fingerprint density at radius 2 is 1.88 bits per heavy atom. The molecule has 7 rings (SSSR count). The van der Waals surface area contributed by atoms with E-state index in [1.54, 1.807) is 32.6 Å². The van der Waals surface area contributed by atoms with Gasteiger partial charge in [-0.25, -0.2) is 23.5 Å². The van der Waals surface area contributed by atoms with Gasteiger partial charge in [-0.3, -0.25) is 4.79 Å².